The average Bonchev–Trinajstić information content (AvgIpc) is 3.33. The van der Waals surface area contributed by atoms with E-state index in [0.29, 0.717) is 101 Å². The zero-order chi connectivity index (χ0) is 42.1. The number of nitrogens with zero attached hydrogens (tertiary/aromatic N) is 2. The summed E-state index contributed by atoms with van der Waals surface area (Å²) >= 11 is 0. The minimum Gasteiger partial charge on any atom is -0.455 e. The predicted molar refractivity (Wildman–Crippen MR) is 253 cm³/mol. The van der Waals surface area contributed by atoms with Crippen molar-refractivity contribution >= 4 is 80.2 Å². The van der Waals surface area contributed by atoms with Crippen molar-refractivity contribution in [2.45, 2.75) is 0 Å². The smallest absolute Gasteiger partial charge is 0.190 e. The molecule has 8 nitrogen and oxygen atoms in total. The normalized spacial score (nSPS) is 18.7. The fourth-order valence-electron chi connectivity index (χ4n) is 10.8. The minimum atomic E-state index is -3.91. The first-order valence-electron chi connectivity index (χ1n) is 21.1. The van der Waals surface area contributed by atoms with E-state index in [-0.39, 0.29) is 0 Å². The van der Waals surface area contributed by atoms with Crippen molar-refractivity contribution in [3.05, 3.63) is 182 Å². The number of para-hydroxylation sites is 2. The second-order valence-corrected chi connectivity index (χ2v) is 21.8. The van der Waals surface area contributed by atoms with Crippen LogP contribution in [0.1, 0.15) is 0 Å². The molecule has 0 radical (unpaired) electrons. The highest BCUT2D eigenvalue weighted by Gasteiger charge is 2.61. The summed E-state index contributed by atoms with van der Waals surface area (Å²) < 4.78 is 63.5. The molecule has 2 atom stereocenters. The summed E-state index contributed by atoms with van der Waals surface area (Å²) in [6.07, 6.45) is 0. The first-order valence-corrected chi connectivity index (χ1v) is 24.5. The number of hydrogen-bond acceptors (Lipinski definition) is 8. The molecule has 0 fully saturated rings. The van der Waals surface area contributed by atoms with Crippen molar-refractivity contribution in [3.8, 4) is 68.2 Å². The van der Waals surface area contributed by atoms with E-state index < -0.39 is 14.3 Å². The van der Waals surface area contributed by atoms with E-state index in [1.807, 2.05) is 182 Å². The molecule has 0 saturated carbocycles. The fourth-order valence-corrected chi connectivity index (χ4v) is 17.5. The Morgan fingerprint density at radius 2 is 0.672 bits per heavy atom. The van der Waals surface area contributed by atoms with Gasteiger partial charge in [-0.25, -0.2) is 0 Å². The molecule has 10 heteroatoms. The highest BCUT2D eigenvalue weighted by atomic mass is 31.2. The monoisotopic (exact) mass is 864 g/mol. The first-order chi connectivity index (χ1) is 31.5. The van der Waals surface area contributed by atoms with Crippen LogP contribution < -0.4 is 60.6 Å². The molecular formula is C54H30N2O6P2. The molecule has 0 spiro atoms. The molecule has 2 unspecified atom stereocenters. The van der Waals surface area contributed by atoms with Gasteiger partial charge in [0, 0.05) is 11.4 Å². The van der Waals surface area contributed by atoms with Gasteiger partial charge in [0.05, 0.1) is 32.6 Å². The molecule has 6 aliphatic rings. The van der Waals surface area contributed by atoms with Crippen molar-refractivity contribution in [1.82, 2.24) is 0 Å². The van der Waals surface area contributed by atoms with Crippen LogP contribution in [0.3, 0.4) is 0 Å². The van der Waals surface area contributed by atoms with Gasteiger partial charge in [0.15, 0.2) is 25.8 Å². The van der Waals surface area contributed by atoms with E-state index in [9.17, 15) is 0 Å². The maximum absolute atomic E-state index is 17.4. The highest BCUT2D eigenvalue weighted by molar-refractivity contribution is 7.88. The van der Waals surface area contributed by atoms with Crippen LogP contribution in [0.15, 0.2) is 182 Å². The van der Waals surface area contributed by atoms with Crippen LogP contribution in [-0.4, -0.2) is 0 Å². The molecule has 9 aromatic rings. The Morgan fingerprint density at radius 1 is 0.312 bits per heavy atom. The molecule has 302 valence electrons. The largest absolute Gasteiger partial charge is 0.455 e. The number of ether oxygens (including phenoxy) is 4. The maximum Gasteiger partial charge on any atom is 0.190 e. The summed E-state index contributed by atoms with van der Waals surface area (Å²) in [5.74, 6) is 3.51. The van der Waals surface area contributed by atoms with Gasteiger partial charge >= 0.3 is 0 Å². The Morgan fingerprint density at radius 3 is 1.06 bits per heavy atom. The second-order valence-electron chi connectivity index (χ2n) is 16.6. The SMILES string of the molecule is O=P12c3c4cc(-c5ccccc5)cc3Oc3c5c6c(c(c31)N(c1ccccc1)c1cccc(c12)O4)Oc1cc(-c2ccccc2)cc2c1P6(=O)c1c(cccc1N5c1ccccc1)O2. The number of hydrogen-bond donors (Lipinski definition) is 0. The lowest BCUT2D eigenvalue weighted by atomic mass is 10.0. The Labute approximate surface area is 366 Å². The maximum atomic E-state index is 17.4. The Kier molecular flexibility index (Phi) is 6.54. The Hall–Kier alpha value is -7.76. The number of benzene rings is 9. The highest BCUT2D eigenvalue weighted by Crippen LogP contribution is 2.73. The van der Waals surface area contributed by atoms with E-state index in [2.05, 4.69) is 9.80 Å². The van der Waals surface area contributed by atoms with Crippen LogP contribution in [0.25, 0.3) is 22.3 Å². The molecule has 9 aromatic carbocycles. The van der Waals surface area contributed by atoms with E-state index in [1.54, 1.807) is 0 Å². The summed E-state index contributed by atoms with van der Waals surface area (Å²) in [6.45, 7) is 0. The standard InChI is InChI=1S/C54H30N2O6P2/c57-63-49-37-23-13-25-39(49)59-41-27-33(31-15-5-1-6-16-31)29-43(51(41)63)61-47-45-54-48(46(53(47)63)56(37)36-21-11-4-12-22-36)62-44-30-34(32-17-7-2-8-18-32)28-42-52(44)64(54,58)50-38(24-14-26-40(50)60-42)55(45)35-19-9-3-10-20-35/h1-30H. The van der Waals surface area contributed by atoms with Gasteiger partial charge < -0.3 is 37.9 Å². The summed E-state index contributed by atoms with van der Waals surface area (Å²) in [6, 6.07) is 59.6. The molecule has 0 bridgehead atoms. The molecule has 15 rings (SSSR count). The predicted octanol–water partition coefficient (Wildman–Crippen LogP) is 12.3. The fraction of sp³-hybridized carbons (Fsp3) is 0. The summed E-state index contributed by atoms with van der Waals surface area (Å²) in [5.41, 5.74) is 7.61. The summed E-state index contributed by atoms with van der Waals surface area (Å²) in [7, 11) is -7.83. The lowest BCUT2D eigenvalue weighted by Crippen LogP contribution is -2.48. The van der Waals surface area contributed by atoms with Gasteiger partial charge in [-0.2, -0.15) is 0 Å². The number of rotatable bonds is 4. The molecule has 6 aliphatic heterocycles. The molecule has 0 N–H and O–H groups in total. The molecule has 0 aliphatic carbocycles. The van der Waals surface area contributed by atoms with E-state index in [4.69, 9.17) is 18.9 Å². The van der Waals surface area contributed by atoms with E-state index >= 15 is 9.13 Å². The van der Waals surface area contributed by atoms with Crippen molar-refractivity contribution in [1.29, 1.82) is 0 Å². The van der Waals surface area contributed by atoms with Crippen molar-refractivity contribution in [2.75, 3.05) is 9.80 Å². The third-order valence-corrected chi connectivity index (χ3v) is 19.7. The summed E-state index contributed by atoms with van der Waals surface area (Å²) in [4.78, 5) is 4.19. The number of fused-ring (bicyclic) bond motifs is 2. The second kappa shape index (κ2) is 12.0. The molecule has 0 saturated heterocycles. The van der Waals surface area contributed by atoms with Crippen LogP contribution in [0.2, 0.25) is 0 Å². The average molecular weight is 865 g/mol. The van der Waals surface area contributed by atoms with Crippen LogP contribution in [0.4, 0.5) is 34.1 Å². The van der Waals surface area contributed by atoms with Gasteiger partial charge in [0.1, 0.15) is 56.5 Å². The Bertz CT molecular complexity index is 3450. The molecule has 0 amide bonds. The quantitative estimate of drug-likeness (QED) is 0.162. The lowest BCUT2D eigenvalue weighted by Gasteiger charge is -2.49. The van der Waals surface area contributed by atoms with Gasteiger partial charge in [0.2, 0.25) is 0 Å². The zero-order valence-corrected chi connectivity index (χ0v) is 35.3. The topological polar surface area (TPSA) is 77.5 Å². The van der Waals surface area contributed by atoms with E-state index in [1.165, 1.54) is 0 Å². The van der Waals surface area contributed by atoms with E-state index in [0.717, 1.165) is 33.6 Å². The number of anilines is 6. The molecule has 0 aromatic heterocycles. The summed E-state index contributed by atoms with van der Waals surface area (Å²) in [5, 5.41) is 3.09. The molecular weight excluding hydrogens is 835 g/mol. The third-order valence-electron chi connectivity index (χ3n) is 13.3. The Balaban J connectivity index is 1.15. The van der Waals surface area contributed by atoms with Gasteiger partial charge in [0.25, 0.3) is 0 Å². The van der Waals surface area contributed by atoms with Gasteiger partial charge in [-0.15, -0.1) is 0 Å². The van der Waals surface area contributed by atoms with Crippen LogP contribution in [-0.2, 0) is 9.13 Å². The molecule has 6 heterocycles. The zero-order valence-electron chi connectivity index (χ0n) is 33.6. The first kappa shape index (κ1) is 34.8. The van der Waals surface area contributed by atoms with Crippen LogP contribution in [0.5, 0.6) is 46.0 Å². The van der Waals surface area contributed by atoms with Crippen molar-refractivity contribution < 1.29 is 28.1 Å². The lowest BCUT2D eigenvalue weighted by molar-refractivity contribution is 0.454. The van der Waals surface area contributed by atoms with Crippen LogP contribution >= 0.6 is 14.3 Å². The molecule has 64 heavy (non-hydrogen) atoms. The van der Waals surface area contributed by atoms with Gasteiger partial charge in [-0.1, -0.05) is 109 Å². The van der Waals surface area contributed by atoms with Gasteiger partial charge in [-0.05, 0) is 95.1 Å². The third kappa shape index (κ3) is 4.16. The van der Waals surface area contributed by atoms with Gasteiger partial charge in [-0.3, -0.25) is 0 Å². The van der Waals surface area contributed by atoms with Crippen molar-refractivity contribution in [3.63, 3.8) is 0 Å². The van der Waals surface area contributed by atoms with Crippen LogP contribution in [0, 0.1) is 0 Å². The minimum absolute atomic E-state index is 0.361. The van der Waals surface area contributed by atoms with Crippen molar-refractivity contribution in [2.24, 2.45) is 0 Å².